The minimum Gasteiger partial charge on any atom is -0.368 e. The molecule has 0 unspecified atom stereocenters. The van der Waals surface area contributed by atoms with Crippen molar-refractivity contribution < 1.29 is 18.0 Å². The molecule has 0 aliphatic carbocycles. The molecule has 2 nitrogen and oxygen atoms in total. The minimum atomic E-state index is -4.13. The molecule has 98 valence electrons. The molecular formula is C13H14F3NO. The van der Waals surface area contributed by atoms with E-state index >= 15 is 0 Å². The molecule has 1 atom stereocenters. The molecular weight excluding hydrogens is 243 g/mol. The number of hydrogen-bond acceptors (Lipinski definition) is 2. The zero-order valence-corrected chi connectivity index (χ0v) is 9.78. The molecule has 0 N–H and O–H groups in total. The molecule has 1 aliphatic heterocycles. The van der Waals surface area contributed by atoms with Gasteiger partial charge in [-0.1, -0.05) is 0 Å². The molecule has 0 spiro atoms. The SMILES string of the molecule is O=Cc1ccc(N2CCC[C@@H]2CC(F)(F)F)cc1. The molecule has 0 radical (unpaired) electrons. The number of nitrogens with zero attached hydrogens (tertiary/aromatic N) is 1. The Morgan fingerprint density at radius 3 is 2.50 bits per heavy atom. The second-order valence-corrected chi connectivity index (χ2v) is 4.52. The standard InChI is InChI=1S/C13H14F3NO/c14-13(15,16)8-12-2-1-7-17(12)11-5-3-10(9-18)4-6-11/h3-6,9,12H,1-2,7-8H2/t12-/m1/s1. The lowest BCUT2D eigenvalue weighted by atomic mass is 10.1. The van der Waals surface area contributed by atoms with Crippen LogP contribution in [0, 0.1) is 0 Å². The Morgan fingerprint density at radius 1 is 1.28 bits per heavy atom. The summed E-state index contributed by atoms with van der Waals surface area (Å²) in [7, 11) is 0. The molecule has 1 aromatic rings. The number of aldehydes is 1. The zero-order valence-electron chi connectivity index (χ0n) is 9.78. The Labute approximate surface area is 103 Å². The molecule has 0 aromatic heterocycles. The predicted molar refractivity (Wildman–Crippen MR) is 62.9 cm³/mol. The second-order valence-electron chi connectivity index (χ2n) is 4.52. The molecule has 1 heterocycles. The fraction of sp³-hybridized carbons (Fsp3) is 0.462. The highest BCUT2D eigenvalue weighted by Gasteiger charge is 2.36. The van der Waals surface area contributed by atoms with E-state index in [4.69, 9.17) is 0 Å². The number of rotatable bonds is 3. The van der Waals surface area contributed by atoms with Crippen LogP contribution in [-0.4, -0.2) is 25.0 Å². The van der Waals surface area contributed by atoms with Crippen LogP contribution in [0.2, 0.25) is 0 Å². The maximum Gasteiger partial charge on any atom is 0.391 e. The average Bonchev–Trinajstić information content (AvgIpc) is 2.75. The van der Waals surface area contributed by atoms with Crippen molar-refractivity contribution in [2.24, 2.45) is 0 Å². The molecule has 1 fully saturated rings. The first-order valence-corrected chi connectivity index (χ1v) is 5.88. The molecule has 18 heavy (non-hydrogen) atoms. The molecule has 1 saturated heterocycles. The van der Waals surface area contributed by atoms with Gasteiger partial charge in [-0.2, -0.15) is 13.2 Å². The summed E-state index contributed by atoms with van der Waals surface area (Å²) in [5.74, 6) is 0. The van der Waals surface area contributed by atoms with Gasteiger partial charge in [-0.3, -0.25) is 4.79 Å². The van der Waals surface area contributed by atoms with Gasteiger partial charge in [0.05, 0.1) is 6.42 Å². The number of alkyl halides is 3. The summed E-state index contributed by atoms with van der Waals surface area (Å²) in [5.41, 5.74) is 1.29. The third kappa shape index (κ3) is 3.03. The monoisotopic (exact) mass is 257 g/mol. The topological polar surface area (TPSA) is 20.3 Å². The van der Waals surface area contributed by atoms with Gasteiger partial charge in [0, 0.05) is 23.8 Å². The number of benzene rings is 1. The van der Waals surface area contributed by atoms with Crippen LogP contribution in [0.1, 0.15) is 29.6 Å². The van der Waals surface area contributed by atoms with Crippen LogP contribution in [0.3, 0.4) is 0 Å². The van der Waals surface area contributed by atoms with Gasteiger partial charge >= 0.3 is 6.18 Å². The Bertz CT molecular complexity index is 413. The van der Waals surface area contributed by atoms with Crippen LogP contribution in [0.5, 0.6) is 0 Å². The number of carbonyl (C=O) groups is 1. The summed E-state index contributed by atoms with van der Waals surface area (Å²) in [5, 5.41) is 0. The van der Waals surface area contributed by atoms with Crippen molar-refractivity contribution in [1.82, 2.24) is 0 Å². The first-order valence-electron chi connectivity index (χ1n) is 5.88. The number of carbonyl (C=O) groups excluding carboxylic acids is 1. The molecule has 1 aliphatic rings. The Hall–Kier alpha value is -1.52. The van der Waals surface area contributed by atoms with Crippen LogP contribution in [-0.2, 0) is 0 Å². The third-order valence-corrected chi connectivity index (χ3v) is 3.21. The van der Waals surface area contributed by atoms with Crippen LogP contribution < -0.4 is 4.90 Å². The van der Waals surface area contributed by atoms with Crippen molar-refractivity contribution in [2.45, 2.75) is 31.5 Å². The Kier molecular flexibility index (Phi) is 3.59. The highest BCUT2D eigenvalue weighted by Crippen LogP contribution is 2.33. The van der Waals surface area contributed by atoms with Crippen LogP contribution in [0.25, 0.3) is 0 Å². The van der Waals surface area contributed by atoms with Crippen molar-refractivity contribution in [3.05, 3.63) is 29.8 Å². The highest BCUT2D eigenvalue weighted by molar-refractivity contribution is 5.75. The number of halogens is 3. The summed E-state index contributed by atoms with van der Waals surface area (Å²) < 4.78 is 37.3. The molecule has 1 aromatic carbocycles. The van der Waals surface area contributed by atoms with Gasteiger partial charge in [0.2, 0.25) is 0 Å². The van der Waals surface area contributed by atoms with Gasteiger partial charge in [0.15, 0.2) is 0 Å². The van der Waals surface area contributed by atoms with Crippen molar-refractivity contribution in [3.63, 3.8) is 0 Å². The van der Waals surface area contributed by atoms with Gasteiger partial charge in [-0.15, -0.1) is 0 Å². The summed E-state index contributed by atoms with van der Waals surface area (Å²) in [4.78, 5) is 12.3. The molecule has 0 saturated carbocycles. The van der Waals surface area contributed by atoms with Crippen molar-refractivity contribution in [1.29, 1.82) is 0 Å². The van der Waals surface area contributed by atoms with Gasteiger partial charge in [-0.05, 0) is 37.1 Å². The Morgan fingerprint density at radius 2 is 1.94 bits per heavy atom. The smallest absolute Gasteiger partial charge is 0.368 e. The maximum absolute atomic E-state index is 12.4. The van der Waals surface area contributed by atoms with Gasteiger partial charge < -0.3 is 4.90 Å². The van der Waals surface area contributed by atoms with Gasteiger partial charge in [0.1, 0.15) is 6.29 Å². The normalized spacial score (nSPS) is 20.2. The predicted octanol–water partition coefficient (Wildman–Crippen LogP) is 3.42. The van der Waals surface area contributed by atoms with E-state index < -0.39 is 18.6 Å². The summed E-state index contributed by atoms with van der Waals surface area (Å²) in [6, 6.07) is 6.19. The van der Waals surface area contributed by atoms with E-state index in [9.17, 15) is 18.0 Å². The lowest BCUT2D eigenvalue weighted by molar-refractivity contribution is -0.137. The van der Waals surface area contributed by atoms with Crippen molar-refractivity contribution >= 4 is 12.0 Å². The van der Waals surface area contributed by atoms with Gasteiger partial charge in [-0.25, -0.2) is 0 Å². The fourth-order valence-electron chi connectivity index (χ4n) is 2.40. The lowest BCUT2D eigenvalue weighted by Crippen LogP contribution is -2.33. The second kappa shape index (κ2) is 5.00. The highest BCUT2D eigenvalue weighted by atomic mass is 19.4. The summed E-state index contributed by atoms with van der Waals surface area (Å²) in [6.45, 7) is 0.640. The first-order chi connectivity index (χ1) is 8.49. The van der Waals surface area contributed by atoms with E-state index in [1.165, 1.54) is 0 Å². The largest absolute Gasteiger partial charge is 0.391 e. The van der Waals surface area contributed by atoms with E-state index in [0.29, 0.717) is 18.5 Å². The van der Waals surface area contributed by atoms with E-state index in [2.05, 4.69) is 0 Å². The lowest BCUT2D eigenvalue weighted by Gasteiger charge is -2.27. The molecule has 5 heteroatoms. The fourth-order valence-corrected chi connectivity index (χ4v) is 2.40. The molecule has 0 amide bonds. The first kappa shape index (κ1) is 12.9. The van der Waals surface area contributed by atoms with Crippen LogP contribution >= 0.6 is 0 Å². The summed E-state index contributed by atoms with van der Waals surface area (Å²) in [6.07, 6.45) is -2.84. The van der Waals surface area contributed by atoms with Crippen molar-refractivity contribution in [2.75, 3.05) is 11.4 Å². The third-order valence-electron chi connectivity index (χ3n) is 3.21. The molecule has 2 rings (SSSR count). The van der Waals surface area contributed by atoms with Crippen molar-refractivity contribution in [3.8, 4) is 0 Å². The maximum atomic E-state index is 12.4. The number of anilines is 1. The van der Waals surface area contributed by atoms with E-state index in [-0.39, 0.29) is 0 Å². The van der Waals surface area contributed by atoms with E-state index in [0.717, 1.165) is 18.4 Å². The zero-order chi connectivity index (χ0) is 13.2. The van der Waals surface area contributed by atoms with Gasteiger partial charge in [0.25, 0.3) is 0 Å². The number of hydrogen-bond donors (Lipinski definition) is 0. The summed E-state index contributed by atoms with van der Waals surface area (Å²) >= 11 is 0. The van der Waals surface area contributed by atoms with E-state index in [1.54, 1.807) is 29.2 Å². The average molecular weight is 257 g/mol. The minimum absolute atomic E-state index is 0.480. The Balaban J connectivity index is 2.12. The molecule has 0 bridgehead atoms. The van der Waals surface area contributed by atoms with Crippen LogP contribution in [0.4, 0.5) is 18.9 Å². The quantitative estimate of drug-likeness (QED) is 0.773. The van der Waals surface area contributed by atoms with E-state index in [1.807, 2.05) is 0 Å². The van der Waals surface area contributed by atoms with Crippen LogP contribution in [0.15, 0.2) is 24.3 Å².